The number of ether oxygens (including phenoxy) is 2. The van der Waals surface area contributed by atoms with Gasteiger partial charge >= 0.3 is 5.97 Å². The van der Waals surface area contributed by atoms with Crippen molar-refractivity contribution < 1.29 is 23.9 Å². The smallest absolute Gasteiger partial charge is 0.328 e. The van der Waals surface area contributed by atoms with Gasteiger partial charge in [-0.3, -0.25) is 14.5 Å². The number of hydrogen-bond donors (Lipinski definition) is 2. The van der Waals surface area contributed by atoms with Gasteiger partial charge in [0.15, 0.2) is 5.78 Å². The van der Waals surface area contributed by atoms with Crippen LogP contribution >= 0.6 is 0 Å². The monoisotopic (exact) mass is 369 g/mol. The molecule has 0 saturated carbocycles. The van der Waals surface area contributed by atoms with E-state index in [2.05, 4.69) is 10.2 Å². The van der Waals surface area contributed by atoms with Gasteiger partial charge in [0.25, 0.3) is 0 Å². The van der Waals surface area contributed by atoms with Crippen LogP contribution in [0, 0.1) is 5.41 Å². The van der Waals surface area contributed by atoms with E-state index in [4.69, 9.17) is 14.9 Å². The van der Waals surface area contributed by atoms with E-state index >= 15 is 0 Å². The molecule has 2 N–H and O–H groups in total. The number of carbonyl (C=O) groups is 3. The number of methoxy groups -OCH3 is 1. The van der Waals surface area contributed by atoms with Crippen molar-refractivity contribution in [2.75, 3.05) is 33.4 Å². The van der Waals surface area contributed by atoms with E-state index in [0.717, 1.165) is 25.9 Å². The average molecular weight is 369 g/mol. The molecule has 1 saturated heterocycles. The minimum atomic E-state index is -0.923. The molecule has 8 heteroatoms. The maximum atomic E-state index is 12.3. The van der Waals surface area contributed by atoms with Crippen molar-refractivity contribution in [1.29, 1.82) is 5.41 Å². The number of likely N-dealkylation sites (tertiary alicyclic amines) is 1. The lowest BCUT2D eigenvalue weighted by molar-refractivity contribution is -0.149. The molecule has 0 aliphatic carbocycles. The molecule has 0 spiro atoms. The van der Waals surface area contributed by atoms with Crippen molar-refractivity contribution in [1.82, 2.24) is 10.2 Å². The quantitative estimate of drug-likeness (QED) is 0.414. The fourth-order valence-electron chi connectivity index (χ4n) is 2.74. The molecular formula is C18H31N3O5. The number of esters is 1. The third-order valence-corrected chi connectivity index (χ3v) is 4.51. The minimum absolute atomic E-state index is 0.00294. The molecule has 26 heavy (non-hydrogen) atoms. The number of rotatable bonds is 11. The van der Waals surface area contributed by atoms with Gasteiger partial charge < -0.3 is 20.2 Å². The molecule has 1 aliphatic heterocycles. The summed E-state index contributed by atoms with van der Waals surface area (Å²) in [4.78, 5) is 37.9. The molecule has 0 radical (unpaired) electrons. The van der Waals surface area contributed by atoms with Crippen LogP contribution in [0.1, 0.15) is 45.4 Å². The zero-order valence-electron chi connectivity index (χ0n) is 15.8. The highest BCUT2D eigenvalue weighted by molar-refractivity contribution is 6.26. The molecule has 0 aromatic heterocycles. The van der Waals surface area contributed by atoms with Crippen LogP contribution in [0.4, 0.5) is 0 Å². The van der Waals surface area contributed by atoms with Crippen LogP contribution < -0.4 is 5.32 Å². The first kappa shape index (κ1) is 22.2. The molecule has 1 aliphatic rings. The highest BCUT2D eigenvalue weighted by Crippen LogP contribution is 2.09. The normalized spacial score (nSPS) is 17.6. The summed E-state index contributed by atoms with van der Waals surface area (Å²) in [6.45, 7) is 4.51. The van der Waals surface area contributed by atoms with Crippen LogP contribution in [0.3, 0.4) is 0 Å². The summed E-state index contributed by atoms with van der Waals surface area (Å²) < 4.78 is 10.3. The van der Waals surface area contributed by atoms with Gasteiger partial charge in [-0.2, -0.15) is 0 Å². The molecule has 0 aromatic carbocycles. The molecule has 0 bridgehead atoms. The Morgan fingerprint density at radius 2 is 1.85 bits per heavy atom. The second-order valence-corrected chi connectivity index (χ2v) is 6.51. The predicted molar refractivity (Wildman–Crippen MR) is 97.3 cm³/mol. The first-order valence-corrected chi connectivity index (χ1v) is 9.23. The first-order chi connectivity index (χ1) is 12.5. The van der Waals surface area contributed by atoms with Crippen LogP contribution in [0.2, 0.25) is 0 Å². The number of nitrogens with zero attached hydrogens (tertiary/aromatic N) is 1. The zero-order chi connectivity index (χ0) is 19.4. The van der Waals surface area contributed by atoms with Crippen molar-refractivity contribution in [3.63, 3.8) is 0 Å². The van der Waals surface area contributed by atoms with E-state index in [0.29, 0.717) is 12.8 Å². The third-order valence-electron chi connectivity index (χ3n) is 4.51. The van der Waals surface area contributed by atoms with Gasteiger partial charge in [0.1, 0.15) is 18.8 Å². The summed E-state index contributed by atoms with van der Waals surface area (Å²) in [6.07, 6.45) is 4.89. The minimum Gasteiger partial charge on any atom is -0.463 e. The summed E-state index contributed by atoms with van der Waals surface area (Å²) in [5.41, 5.74) is 0. The van der Waals surface area contributed by atoms with E-state index in [-0.39, 0.29) is 19.4 Å². The molecule has 0 unspecified atom stereocenters. The molecular weight excluding hydrogens is 338 g/mol. The SMILES string of the molecule is CO[C@@H](C)C(=O)N[C@@H](CCC(=O)C=N)C(=O)OCCN1CCCCCC1. The van der Waals surface area contributed by atoms with Crippen LogP contribution in [-0.4, -0.2) is 74.3 Å². The van der Waals surface area contributed by atoms with Gasteiger partial charge in [-0.15, -0.1) is 0 Å². The van der Waals surface area contributed by atoms with Gasteiger partial charge in [-0.05, 0) is 39.3 Å². The van der Waals surface area contributed by atoms with Crippen LogP contribution in [0.5, 0.6) is 0 Å². The summed E-state index contributed by atoms with van der Waals surface area (Å²) in [7, 11) is 1.40. The topological polar surface area (TPSA) is 109 Å². The molecule has 1 fully saturated rings. The van der Waals surface area contributed by atoms with Gasteiger partial charge in [-0.25, -0.2) is 4.79 Å². The van der Waals surface area contributed by atoms with E-state index in [9.17, 15) is 14.4 Å². The van der Waals surface area contributed by atoms with E-state index in [1.807, 2.05) is 0 Å². The standard InChI is InChI=1S/C18H31N3O5/c1-14(25-2)17(23)20-16(8-7-15(22)13-19)18(24)26-12-11-21-9-5-3-4-6-10-21/h13-14,16,19H,3-12H2,1-2H3,(H,20,23)/t14-,16-/m0/s1. The van der Waals surface area contributed by atoms with Gasteiger partial charge in [0.05, 0.1) is 6.21 Å². The highest BCUT2D eigenvalue weighted by atomic mass is 16.5. The summed E-state index contributed by atoms with van der Waals surface area (Å²) in [5.74, 6) is -1.40. The largest absolute Gasteiger partial charge is 0.463 e. The highest BCUT2D eigenvalue weighted by Gasteiger charge is 2.25. The Kier molecular flexibility index (Phi) is 10.7. The molecule has 0 aromatic rings. The fourth-order valence-corrected chi connectivity index (χ4v) is 2.74. The van der Waals surface area contributed by atoms with E-state index < -0.39 is 29.8 Å². The van der Waals surface area contributed by atoms with Crippen molar-refractivity contribution in [3.8, 4) is 0 Å². The third kappa shape index (κ3) is 8.53. The molecule has 1 heterocycles. The summed E-state index contributed by atoms with van der Waals surface area (Å²) in [6, 6.07) is -0.923. The summed E-state index contributed by atoms with van der Waals surface area (Å²) >= 11 is 0. The van der Waals surface area contributed by atoms with Crippen molar-refractivity contribution in [3.05, 3.63) is 0 Å². The van der Waals surface area contributed by atoms with Crippen molar-refractivity contribution in [2.24, 2.45) is 0 Å². The Bertz CT molecular complexity index is 475. The van der Waals surface area contributed by atoms with Gasteiger partial charge in [0, 0.05) is 20.1 Å². The van der Waals surface area contributed by atoms with Gasteiger partial charge in [-0.1, -0.05) is 12.8 Å². The molecule has 1 rings (SSSR count). The Morgan fingerprint density at radius 1 is 1.19 bits per heavy atom. The lowest BCUT2D eigenvalue weighted by atomic mass is 10.1. The number of Topliss-reactive ketones (excluding diaryl/α,β-unsaturated/α-hetero) is 1. The van der Waals surface area contributed by atoms with Crippen molar-refractivity contribution in [2.45, 2.75) is 57.6 Å². The Labute approximate surface area is 155 Å². The molecule has 148 valence electrons. The van der Waals surface area contributed by atoms with Crippen LogP contribution in [0.25, 0.3) is 0 Å². The van der Waals surface area contributed by atoms with Crippen molar-refractivity contribution >= 4 is 23.9 Å². The van der Waals surface area contributed by atoms with Crippen LogP contribution in [0.15, 0.2) is 0 Å². The average Bonchev–Trinajstić information content (AvgIpc) is 2.92. The molecule has 2 atom stereocenters. The lowest BCUT2D eigenvalue weighted by Gasteiger charge is -2.22. The van der Waals surface area contributed by atoms with Gasteiger partial charge in [0.2, 0.25) is 5.91 Å². The summed E-state index contributed by atoms with van der Waals surface area (Å²) in [5, 5.41) is 9.50. The lowest BCUT2D eigenvalue weighted by Crippen LogP contribution is -2.46. The molecule has 1 amide bonds. The van der Waals surface area contributed by atoms with E-state index in [1.165, 1.54) is 20.0 Å². The number of nitrogens with one attached hydrogen (secondary N) is 2. The second kappa shape index (κ2) is 12.5. The Balaban J connectivity index is 2.50. The van der Waals surface area contributed by atoms with Crippen LogP contribution in [-0.2, 0) is 23.9 Å². The first-order valence-electron chi connectivity index (χ1n) is 9.23. The van der Waals surface area contributed by atoms with E-state index in [1.54, 1.807) is 6.92 Å². The molecule has 8 nitrogen and oxygen atoms in total. The number of hydrogen-bond acceptors (Lipinski definition) is 7. The number of carbonyl (C=O) groups excluding carboxylic acids is 3. The number of amides is 1. The Hall–Kier alpha value is -1.80. The maximum Gasteiger partial charge on any atom is 0.328 e. The number of ketones is 1. The second-order valence-electron chi connectivity index (χ2n) is 6.51. The Morgan fingerprint density at radius 3 is 2.42 bits per heavy atom. The maximum absolute atomic E-state index is 12.3. The fraction of sp³-hybridized carbons (Fsp3) is 0.778. The predicted octanol–water partition coefficient (Wildman–Crippen LogP) is 0.924. The zero-order valence-corrected chi connectivity index (χ0v) is 15.8.